The van der Waals surface area contributed by atoms with Gasteiger partial charge < -0.3 is 4.74 Å². The molecule has 0 amide bonds. The van der Waals surface area contributed by atoms with Gasteiger partial charge in [0.1, 0.15) is 6.10 Å². The van der Waals surface area contributed by atoms with Gasteiger partial charge in [-0.2, -0.15) is 0 Å². The topological polar surface area (TPSA) is 26.6 Å². The summed E-state index contributed by atoms with van der Waals surface area (Å²) in [5.41, 5.74) is 2.37. The van der Waals surface area contributed by atoms with Crippen LogP contribution in [0.5, 0.6) is 0 Å². The molecule has 0 bridgehead atoms. The summed E-state index contributed by atoms with van der Waals surface area (Å²) in [6.07, 6.45) is 0.466. The lowest BCUT2D eigenvalue weighted by Crippen LogP contribution is -1.94. The summed E-state index contributed by atoms with van der Waals surface area (Å²) in [7, 11) is 0. The van der Waals surface area contributed by atoms with E-state index in [-0.39, 0.29) is 6.23 Å². The molecule has 2 aliphatic heterocycles. The summed E-state index contributed by atoms with van der Waals surface area (Å²) in [6.45, 7) is 0. The lowest BCUT2D eigenvalue weighted by atomic mass is 10.2. The molecule has 0 aromatic heterocycles. The Bertz CT molecular complexity index is 284. The lowest BCUT2D eigenvalue weighted by molar-refractivity contribution is 0.349. The first-order valence-corrected chi connectivity index (χ1v) is 3.40. The molecule has 0 N–H and O–H groups in total. The normalized spacial score (nSPS) is 32.4. The zero-order chi connectivity index (χ0) is 6.55. The Morgan fingerprint density at radius 2 is 2.20 bits per heavy atom. The molecule has 0 aliphatic carbocycles. The fraction of sp³-hybridized carbons (Fsp3) is 0.250. The number of benzene rings is 1. The molecular weight excluding hydrogens is 126 g/mol. The highest BCUT2D eigenvalue weighted by atomic mass is 16.6. The van der Waals surface area contributed by atoms with Crippen LogP contribution < -0.4 is 5.32 Å². The monoisotopic (exact) mass is 132 g/mol. The van der Waals surface area contributed by atoms with Crippen molar-refractivity contribution < 1.29 is 4.74 Å². The standard InChI is InChI=1S/C8H6NO/c1-2-4-6-5(3-1)7-8(9-6)10-7/h1-4,7-8H. The number of hydrogen-bond donors (Lipinski definition) is 0. The van der Waals surface area contributed by atoms with Gasteiger partial charge in [0.05, 0.1) is 5.69 Å². The van der Waals surface area contributed by atoms with Crippen LogP contribution in [0.4, 0.5) is 5.69 Å². The van der Waals surface area contributed by atoms with Crippen molar-refractivity contribution in [3.05, 3.63) is 29.8 Å². The maximum atomic E-state index is 5.21. The zero-order valence-electron chi connectivity index (χ0n) is 5.32. The van der Waals surface area contributed by atoms with E-state index in [1.807, 2.05) is 18.2 Å². The Balaban J connectivity index is 2.22. The minimum atomic E-state index is 0.164. The van der Waals surface area contributed by atoms with Crippen LogP contribution in [0.1, 0.15) is 11.7 Å². The fourth-order valence-corrected chi connectivity index (χ4v) is 1.41. The van der Waals surface area contributed by atoms with Crippen LogP contribution in [-0.4, -0.2) is 6.23 Å². The average molecular weight is 132 g/mol. The number of nitrogens with zero attached hydrogens (tertiary/aromatic N) is 1. The van der Waals surface area contributed by atoms with Crippen LogP contribution in [0.2, 0.25) is 0 Å². The lowest BCUT2D eigenvalue weighted by Gasteiger charge is -1.97. The second-order valence-corrected chi connectivity index (χ2v) is 2.64. The van der Waals surface area contributed by atoms with Gasteiger partial charge in [0.15, 0.2) is 6.23 Å². The number of para-hydroxylation sites is 1. The van der Waals surface area contributed by atoms with Crippen LogP contribution in [0.25, 0.3) is 0 Å². The minimum absolute atomic E-state index is 0.164. The van der Waals surface area contributed by atoms with Crippen molar-refractivity contribution in [2.45, 2.75) is 12.3 Å². The van der Waals surface area contributed by atoms with Gasteiger partial charge in [0.2, 0.25) is 0 Å². The average Bonchev–Trinajstić information content (AvgIpc) is 2.64. The maximum absolute atomic E-state index is 5.21. The Hall–Kier alpha value is -1.02. The van der Waals surface area contributed by atoms with Crippen molar-refractivity contribution in [3.63, 3.8) is 0 Å². The Morgan fingerprint density at radius 3 is 3.10 bits per heavy atom. The van der Waals surface area contributed by atoms with E-state index in [1.165, 1.54) is 5.56 Å². The van der Waals surface area contributed by atoms with E-state index in [4.69, 9.17) is 4.74 Å². The van der Waals surface area contributed by atoms with Gasteiger partial charge in [-0.25, -0.2) is 0 Å². The van der Waals surface area contributed by atoms with E-state index in [0.717, 1.165) is 5.69 Å². The van der Waals surface area contributed by atoms with Crippen molar-refractivity contribution in [2.75, 3.05) is 0 Å². The Kier molecular flexibility index (Phi) is 0.640. The van der Waals surface area contributed by atoms with E-state index in [2.05, 4.69) is 11.4 Å². The molecule has 2 unspecified atom stereocenters. The van der Waals surface area contributed by atoms with Gasteiger partial charge in [0.25, 0.3) is 0 Å². The third-order valence-corrected chi connectivity index (χ3v) is 1.98. The maximum Gasteiger partial charge on any atom is 0.180 e. The summed E-state index contributed by atoms with van der Waals surface area (Å²) in [5.74, 6) is 0. The third kappa shape index (κ3) is 0.434. The summed E-state index contributed by atoms with van der Waals surface area (Å²) in [5, 5.41) is 4.30. The van der Waals surface area contributed by atoms with E-state index in [0.29, 0.717) is 6.10 Å². The van der Waals surface area contributed by atoms with Gasteiger partial charge in [-0.3, -0.25) is 5.32 Å². The first kappa shape index (κ1) is 4.74. The number of hydrogen-bond acceptors (Lipinski definition) is 1. The summed E-state index contributed by atoms with van der Waals surface area (Å²) >= 11 is 0. The molecule has 49 valence electrons. The number of fused-ring (bicyclic) bond motifs is 3. The first-order valence-electron chi connectivity index (χ1n) is 3.40. The SMILES string of the molecule is c1ccc2c(c1)[N]C1OC21. The first-order chi connectivity index (χ1) is 4.95. The van der Waals surface area contributed by atoms with Crippen LogP contribution in [-0.2, 0) is 4.74 Å². The number of epoxide rings is 1. The molecule has 1 aromatic rings. The van der Waals surface area contributed by atoms with Crippen molar-refractivity contribution in [2.24, 2.45) is 0 Å². The molecule has 2 heterocycles. The van der Waals surface area contributed by atoms with Crippen molar-refractivity contribution in [3.8, 4) is 0 Å². The Morgan fingerprint density at radius 1 is 1.30 bits per heavy atom. The molecule has 2 heteroatoms. The molecule has 1 saturated heterocycles. The largest absolute Gasteiger partial charge is 0.341 e. The van der Waals surface area contributed by atoms with Crippen LogP contribution in [0.3, 0.4) is 0 Å². The van der Waals surface area contributed by atoms with Crippen molar-refractivity contribution in [1.29, 1.82) is 0 Å². The zero-order valence-corrected chi connectivity index (χ0v) is 5.32. The van der Waals surface area contributed by atoms with Gasteiger partial charge in [0, 0.05) is 5.56 Å². The smallest absolute Gasteiger partial charge is 0.180 e. The Labute approximate surface area is 58.8 Å². The quantitative estimate of drug-likeness (QED) is 0.489. The highest BCUT2D eigenvalue weighted by Crippen LogP contribution is 2.48. The van der Waals surface area contributed by atoms with Crippen LogP contribution in [0, 0.1) is 0 Å². The van der Waals surface area contributed by atoms with Gasteiger partial charge in [-0.1, -0.05) is 18.2 Å². The number of ether oxygens (including phenoxy) is 1. The van der Waals surface area contributed by atoms with Gasteiger partial charge in [-0.05, 0) is 6.07 Å². The molecule has 10 heavy (non-hydrogen) atoms. The molecule has 0 saturated carbocycles. The molecular formula is C8H6NO. The number of rotatable bonds is 0. The van der Waals surface area contributed by atoms with Gasteiger partial charge in [-0.15, -0.1) is 0 Å². The predicted molar refractivity (Wildman–Crippen MR) is 35.9 cm³/mol. The van der Waals surface area contributed by atoms with Crippen molar-refractivity contribution in [1.82, 2.24) is 5.32 Å². The minimum Gasteiger partial charge on any atom is -0.341 e. The molecule has 0 spiro atoms. The van der Waals surface area contributed by atoms with Crippen LogP contribution >= 0.6 is 0 Å². The predicted octanol–water partition coefficient (Wildman–Crippen LogP) is 1.33. The fourth-order valence-electron chi connectivity index (χ4n) is 1.41. The molecule has 1 aromatic carbocycles. The van der Waals surface area contributed by atoms with Crippen LogP contribution in [0.15, 0.2) is 24.3 Å². The van der Waals surface area contributed by atoms with E-state index in [1.54, 1.807) is 0 Å². The molecule has 1 fully saturated rings. The highest BCUT2D eigenvalue weighted by Gasteiger charge is 2.48. The second-order valence-electron chi connectivity index (χ2n) is 2.64. The summed E-state index contributed by atoms with van der Waals surface area (Å²) in [6, 6.07) is 8.15. The molecule has 2 nitrogen and oxygen atoms in total. The summed E-state index contributed by atoms with van der Waals surface area (Å²) in [4.78, 5) is 0. The third-order valence-electron chi connectivity index (χ3n) is 1.98. The molecule has 1 radical (unpaired) electrons. The van der Waals surface area contributed by atoms with E-state index < -0.39 is 0 Å². The van der Waals surface area contributed by atoms with Crippen molar-refractivity contribution >= 4 is 5.69 Å². The van der Waals surface area contributed by atoms with E-state index >= 15 is 0 Å². The molecule has 2 atom stereocenters. The second kappa shape index (κ2) is 1.35. The van der Waals surface area contributed by atoms with Gasteiger partial charge >= 0.3 is 0 Å². The summed E-state index contributed by atoms with van der Waals surface area (Å²) < 4.78 is 5.21. The molecule has 3 rings (SSSR count). The highest BCUT2D eigenvalue weighted by molar-refractivity contribution is 5.52. The molecule has 2 aliphatic rings. The van der Waals surface area contributed by atoms with E-state index in [9.17, 15) is 0 Å².